The monoisotopic (exact) mass is 455 g/mol. The normalized spacial score (nSPS) is 14.3. The summed E-state index contributed by atoms with van der Waals surface area (Å²) in [4.78, 5) is 25.7. The molecule has 0 unspecified atom stereocenters. The highest BCUT2D eigenvalue weighted by Gasteiger charge is 2.27. The zero-order valence-electron chi connectivity index (χ0n) is 16.6. The van der Waals surface area contributed by atoms with Crippen molar-refractivity contribution in [1.82, 2.24) is 15.2 Å². The van der Waals surface area contributed by atoms with E-state index in [0.29, 0.717) is 18.0 Å². The van der Waals surface area contributed by atoms with Crippen molar-refractivity contribution in [2.24, 2.45) is 0 Å². The van der Waals surface area contributed by atoms with E-state index in [0.717, 1.165) is 24.0 Å². The van der Waals surface area contributed by atoms with Gasteiger partial charge in [0.05, 0.1) is 4.90 Å². The van der Waals surface area contributed by atoms with Crippen LogP contribution in [0.4, 0.5) is 0 Å². The lowest BCUT2D eigenvalue weighted by atomic mass is 10.1. The van der Waals surface area contributed by atoms with Crippen LogP contribution in [0.3, 0.4) is 0 Å². The standard InChI is InChI=1S/C22H21N3O4S2/c26-21(17-9-6-10-18(15-17)31(28,29)25-12-4-5-13-25)23-24-22(27)20-19(11-14-30-20)16-7-2-1-3-8-16/h1-3,6-11,14-15H,4-5,12-13H2,(H,23,26)(H,24,27). The molecular formula is C22H21N3O4S2. The SMILES string of the molecule is O=C(NNC(=O)c1sccc1-c1ccccc1)c1cccc(S(=O)(=O)N2CCCC2)c1. The zero-order valence-corrected chi connectivity index (χ0v) is 18.2. The first-order valence-corrected chi connectivity index (χ1v) is 12.1. The average Bonchev–Trinajstić information content (AvgIpc) is 3.51. The van der Waals surface area contributed by atoms with Crippen molar-refractivity contribution in [1.29, 1.82) is 0 Å². The van der Waals surface area contributed by atoms with Gasteiger partial charge in [-0.3, -0.25) is 20.4 Å². The van der Waals surface area contributed by atoms with Gasteiger partial charge in [0.1, 0.15) is 4.88 Å². The van der Waals surface area contributed by atoms with Crippen LogP contribution in [0.1, 0.15) is 32.9 Å². The van der Waals surface area contributed by atoms with E-state index >= 15 is 0 Å². The van der Waals surface area contributed by atoms with Crippen molar-refractivity contribution >= 4 is 33.2 Å². The molecule has 2 amide bonds. The summed E-state index contributed by atoms with van der Waals surface area (Å²) in [6.45, 7) is 0.971. The lowest BCUT2D eigenvalue weighted by Crippen LogP contribution is -2.41. The molecule has 1 aromatic heterocycles. The molecule has 1 aliphatic rings. The maximum atomic E-state index is 12.7. The second-order valence-electron chi connectivity index (χ2n) is 7.08. The van der Waals surface area contributed by atoms with Crippen LogP contribution in [0, 0.1) is 0 Å². The maximum Gasteiger partial charge on any atom is 0.280 e. The number of carbonyl (C=O) groups excluding carboxylic acids is 2. The molecule has 0 radical (unpaired) electrons. The van der Waals surface area contributed by atoms with Gasteiger partial charge in [-0.2, -0.15) is 4.31 Å². The van der Waals surface area contributed by atoms with Crippen LogP contribution >= 0.6 is 11.3 Å². The Morgan fingerprint density at radius 1 is 0.871 bits per heavy atom. The van der Waals surface area contributed by atoms with Gasteiger partial charge in [0, 0.05) is 24.2 Å². The Morgan fingerprint density at radius 3 is 2.32 bits per heavy atom. The number of hydrazine groups is 1. The van der Waals surface area contributed by atoms with Crippen LogP contribution in [-0.2, 0) is 10.0 Å². The van der Waals surface area contributed by atoms with Crippen LogP contribution in [0.5, 0.6) is 0 Å². The van der Waals surface area contributed by atoms with Gasteiger partial charge in [0.25, 0.3) is 11.8 Å². The second-order valence-corrected chi connectivity index (χ2v) is 9.93. The van der Waals surface area contributed by atoms with Gasteiger partial charge >= 0.3 is 0 Å². The molecule has 3 aromatic rings. The smallest absolute Gasteiger partial charge is 0.267 e. The number of nitrogens with one attached hydrogen (secondary N) is 2. The fraction of sp³-hybridized carbons (Fsp3) is 0.182. The van der Waals surface area contributed by atoms with Crippen molar-refractivity contribution in [3.05, 3.63) is 76.5 Å². The molecule has 0 bridgehead atoms. The topological polar surface area (TPSA) is 95.6 Å². The fourth-order valence-electron chi connectivity index (χ4n) is 3.45. The van der Waals surface area contributed by atoms with Crippen LogP contribution in [0.25, 0.3) is 11.1 Å². The molecule has 1 aliphatic heterocycles. The number of sulfonamides is 1. The summed E-state index contributed by atoms with van der Waals surface area (Å²) in [5, 5.41) is 1.81. The number of benzene rings is 2. The Morgan fingerprint density at radius 2 is 1.58 bits per heavy atom. The molecule has 9 heteroatoms. The number of amides is 2. The highest BCUT2D eigenvalue weighted by Crippen LogP contribution is 2.28. The van der Waals surface area contributed by atoms with Crippen molar-refractivity contribution in [2.45, 2.75) is 17.7 Å². The Labute approximate surface area is 184 Å². The van der Waals surface area contributed by atoms with E-state index in [9.17, 15) is 18.0 Å². The Hall–Kier alpha value is -3.01. The highest BCUT2D eigenvalue weighted by molar-refractivity contribution is 7.89. The van der Waals surface area contributed by atoms with E-state index in [1.165, 1.54) is 39.9 Å². The van der Waals surface area contributed by atoms with Crippen molar-refractivity contribution < 1.29 is 18.0 Å². The Balaban J connectivity index is 1.45. The van der Waals surface area contributed by atoms with E-state index in [-0.39, 0.29) is 10.5 Å². The number of hydrogen-bond donors (Lipinski definition) is 2. The molecule has 0 aliphatic carbocycles. The number of rotatable bonds is 5. The molecular weight excluding hydrogens is 434 g/mol. The second kappa shape index (κ2) is 9.01. The third-order valence-corrected chi connectivity index (χ3v) is 7.85. The van der Waals surface area contributed by atoms with Gasteiger partial charge in [-0.15, -0.1) is 11.3 Å². The summed E-state index contributed by atoms with van der Waals surface area (Å²) < 4.78 is 26.9. The van der Waals surface area contributed by atoms with Gasteiger partial charge in [-0.05, 0) is 48.1 Å². The van der Waals surface area contributed by atoms with Crippen molar-refractivity contribution in [2.75, 3.05) is 13.1 Å². The minimum absolute atomic E-state index is 0.0676. The molecule has 31 heavy (non-hydrogen) atoms. The lowest BCUT2D eigenvalue weighted by Gasteiger charge is -2.16. The fourth-order valence-corrected chi connectivity index (χ4v) is 5.82. The van der Waals surface area contributed by atoms with Gasteiger partial charge in [-0.25, -0.2) is 8.42 Å². The zero-order chi connectivity index (χ0) is 21.8. The van der Waals surface area contributed by atoms with E-state index in [4.69, 9.17) is 0 Å². The summed E-state index contributed by atoms with van der Waals surface area (Å²) in [7, 11) is -3.63. The molecule has 2 heterocycles. The van der Waals surface area contributed by atoms with E-state index in [2.05, 4.69) is 10.9 Å². The first kappa shape index (κ1) is 21.2. The van der Waals surface area contributed by atoms with E-state index < -0.39 is 21.8 Å². The minimum atomic E-state index is -3.63. The predicted octanol–water partition coefficient (Wildman–Crippen LogP) is 3.27. The van der Waals surface area contributed by atoms with Crippen LogP contribution in [-0.4, -0.2) is 37.6 Å². The number of hydrogen-bond acceptors (Lipinski definition) is 5. The largest absolute Gasteiger partial charge is 0.280 e. The van der Waals surface area contributed by atoms with E-state index in [1.807, 2.05) is 41.8 Å². The van der Waals surface area contributed by atoms with Gasteiger partial charge in [0.15, 0.2) is 0 Å². The van der Waals surface area contributed by atoms with Gasteiger partial charge in [0.2, 0.25) is 10.0 Å². The molecule has 0 spiro atoms. The van der Waals surface area contributed by atoms with Gasteiger partial charge in [-0.1, -0.05) is 36.4 Å². The predicted molar refractivity (Wildman–Crippen MR) is 119 cm³/mol. The molecule has 0 saturated carbocycles. The number of nitrogens with zero attached hydrogens (tertiary/aromatic N) is 1. The van der Waals surface area contributed by atoms with E-state index in [1.54, 1.807) is 0 Å². The molecule has 2 aromatic carbocycles. The van der Waals surface area contributed by atoms with Crippen LogP contribution < -0.4 is 10.9 Å². The van der Waals surface area contributed by atoms with Crippen LogP contribution in [0.2, 0.25) is 0 Å². The average molecular weight is 456 g/mol. The maximum absolute atomic E-state index is 12.7. The summed E-state index contributed by atoms with van der Waals surface area (Å²) >= 11 is 1.27. The minimum Gasteiger partial charge on any atom is -0.267 e. The first-order valence-electron chi connectivity index (χ1n) is 9.80. The highest BCUT2D eigenvalue weighted by atomic mass is 32.2. The summed E-state index contributed by atoms with van der Waals surface area (Å²) in [6.07, 6.45) is 1.66. The Kier molecular flexibility index (Phi) is 6.17. The summed E-state index contributed by atoms with van der Waals surface area (Å²) in [5.41, 5.74) is 6.62. The molecule has 7 nitrogen and oxygen atoms in total. The summed E-state index contributed by atoms with van der Waals surface area (Å²) in [5.74, 6) is -1.03. The summed E-state index contributed by atoms with van der Waals surface area (Å²) in [6, 6.07) is 17.2. The van der Waals surface area contributed by atoms with Crippen molar-refractivity contribution in [3.8, 4) is 11.1 Å². The van der Waals surface area contributed by atoms with Crippen LogP contribution in [0.15, 0.2) is 70.9 Å². The van der Waals surface area contributed by atoms with Gasteiger partial charge < -0.3 is 0 Å². The number of carbonyl (C=O) groups is 2. The molecule has 0 atom stereocenters. The third-order valence-electron chi connectivity index (χ3n) is 5.04. The molecule has 1 fully saturated rings. The molecule has 2 N–H and O–H groups in total. The lowest BCUT2D eigenvalue weighted by molar-refractivity contribution is 0.0849. The molecule has 160 valence electrons. The Bertz CT molecular complexity index is 1200. The quantitative estimate of drug-likeness (QED) is 0.577. The first-order chi connectivity index (χ1) is 15.0. The molecule has 4 rings (SSSR count). The van der Waals surface area contributed by atoms with Crippen molar-refractivity contribution in [3.63, 3.8) is 0 Å². The number of thiophene rings is 1. The molecule has 1 saturated heterocycles. The third kappa shape index (κ3) is 4.53.